The predicted octanol–water partition coefficient (Wildman–Crippen LogP) is 12.0. The van der Waals surface area contributed by atoms with Gasteiger partial charge in [0.25, 0.3) is 0 Å². The van der Waals surface area contributed by atoms with Gasteiger partial charge < -0.3 is 9.13 Å². The number of para-hydroxylation sites is 3. The molecule has 3 atom stereocenters. The van der Waals surface area contributed by atoms with Gasteiger partial charge in [0.15, 0.2) is 0 Å². The van der Waals surface area contributed by atoms with E-state index in [1.54, 1.807) is 0 Å². The maximum absolute atomic E-state index is 2.53. The van der Waals surface area contributed by atoms with Gasteiger partial charge in [0.1, 0.15) is 0 Å². The van der Waals surface area contributed by atoms with Crippen molar-refractivity contribution in [2.24, 2.45) is 17.3 Å². The van der Waals surface area contributed by atoms with E-state index in [1.807, 2.05) is 0 Å². The first kappa shape index (κ1) is 29.1. The Kier molecular flexibility index (Phi) is 7.81. The maximum Gasteiger partial charge on any atom is 0.0541 e. The number of hydrogen-bond acceptors (Lipinski definition) is 0. The molecule has 0 spiro atoms. The molecule has 43 heavy (non-hydrogen) atoms. The van der Waals surface area contributed by atoms with Gasteiger partial charge in [0.2, 0.25) is 0 Å². The summed E-state index contributed by atoms with van der Waals surface area (Å²) in [5.41, 5.74) is 9.16. The fourth-order valence-electron chi connectivity index (χ4n) is 7.11. The fraction of sp³-hybridized carbons (Fsp3) is 0.317. The third-order valence-corrected chi connectivity index (χ3v) is 10.6. The molecule has 0 amide bonds. The second-order valence-electron chi connectivity index (χ2n) is 13.0. The zero-order chi connectivity index (χ0) is 30.3. The number of fused-ring (bicyclic) bond motifs is 4. The van der Waals surface area contributed by atoms with E-state index in [-0.39, 0.29) is 5.41 Å². The van der Waals surface area contributed by atoms with E-state index in [0.29, 0.717) is 17.8 Å². The van der Waals surface area contributed by atoms with E-state index in [4.69, 9.17) is 0 Å². The average Bonchev–Trinajstić information content (AvgIpc) is 3.56. The van der Waals surface area contributed by atoms with Crippen LogP contribution in [0.4, 0.5) is 0 Å². The molecule has 2 heterocycles. The normalized spacial score (nSPS) is 15.2. The number of allylic oxidation sites excluding steroid dienone is 1. The molecule has 0 aliphatic rings. The summed E-state index contributed by atoms with van der Waals surface area (Å²) in [7, 11) is 0. The SMILES string of the molecule is CCC(C)c1c(C=CC(C)C(C)(CC)C(C)C)c2ccccc2n1-c1cccc(-n2c3ccccc3c3ccccc32)c1. The van der Waals surface area contributed by atoms with E-state index < -0.39 is 0 Å². The van der Waals surface area contributed by atoms with Gasteiger partial charge in [-0.25, -0.2) is 0 Å². The molecule has 2 heteroatoms. The molecule has 0 radical (unpaired) electrons. The highest BCUT2D eigenvalue weighted by Crippen LogP contribution is 2.42. The Hall–Kier alpha value is -4.04. The Balaban J connectivity index is 1.57. The van der Waals surface area contributed by atoms with Crippen molar-refractivity contribution in [3.8, 4) is 11.4 Å². The van der Waals surface area contributed by atoms with Crippen molar-refractivity contribution in [1.82, 2.24) is 9.13 Å². The molecule has 0 bridgehead atoms. The molecule has 6 rings (SSSR count). The maximum atomic E-state index is 2.53. The van der Waals surface area contributed by atoms with E-state index in [2.05, 4.69) is 167 Å². The Morgan fingerprint density at radius 1 is 0.651 bits per heavy atom. The van der Waals surface area contributed by atoms with Crippen molar-refractivity contribution < 1.29 is 0 Å². The summed E-state index contributed by atoms with van der Waals surface area (Å²) in [5.74, 6) is 1.50. The number of nitrogens with zero attached hydrogens (tertiary/aromatic N) is 2. The molecule has 0 N–H and O–H groups in total. The summed E-state index contributed by atoms with van der Waals surface area (Å²) in [5, 5.41) is 3.90. The molecule has 3 unspecified atom stereocenters. The monoisotopic (exact) mass is 566 g/mol. The van der Waals surface area contributed by atoms with Gasteiger partial charge in [-0.2, -0.15) is 0 Å². The minimum atomic E-state index is 0.266. The standard InChI is InChI=1S/C41H46N2/c1-8-29(5)40-36(26-25-30(6)41(7,9-2)28(3)4)35-21-12-15-24-39(35)43(40)32-18-16-17-31(27-32)42-37-22-13-10-19-33(37)34-20-11-14-23-38(34)42/h10-30H,8-9H2,1-7H3. The largest absolute Gasteiger partial charge is 0.313 e. The van der Waals surface area contributed by atoms with Gasteiger partial charge in [0.05, 0.1) is 16.6 Å². The molecule has 2 aromatic heterocycles. The molecule has 220 valence electrons. The summed E-state index contributed by atoms with van der Waals surface area (Å²) in [6, 6.07) is 35.6. The Morgan fingerprint density at radius 2 is 1.16 bits per heavy atom. The highest BCUT2D eigenvalue weighted by atomic mass is 15.0. The first-order chi connectivity index (χ1) is 20.8. The van der Waals surface area contributed by atoms with Gasteiger partial charge in [-0.1, -0.05) is 121 Å². The van der Waals surface area contributed by atoms with E-state index in [9.17, 15) is 0 Å². The number of hydrogen-bond donors (Lipinski definition) is 0. The zero-order valence-electron chi connectivity index (χ0n) is 26.9. The van der Waals surface area contributed by atoms with Crippen LogP contribution in [-0.4, -0.2) is 9.13 Å². The van der Waals surface area contributed by atoms with Crippen LogP contribution in [0.2, 0.25) is 0 Å². The lowest BCUT2D eigenvalue weighted by Crippen LogP contribution is -2.29. The van der Waals surface area contributed by atoms with Crippen LogP contribution in [0.5, 0.6) is 0 Å². The van der Waals surface area contributed by atoms with Crippen molar-refractivity contribution in [2.75, 3.05) is 0 Å². The molecule has 2 nitrogen and oxygen atoms in total. The Morgan fingerprint density at radius 3 is 1.70 bits per heavy atom. The Labute approximate surface area is 257 Å². The summed E-state index contributed by atoms with van der Waals surface area (Å²) >= 11 is 0. The van der Waals surface area contributed by atoms with Gasteiger partial charge >= 0.3 is 0 Å². The van der Waals surface area contributed by atoms with Crippen molar-refractivity contribution in [1.29, 1.82) is 0 Å². The van der Waals surface area contributed by atoms with Crippen LogP contribution in [0.3, 0.4) is 0 Å². The van der Waals surface area contributed by atoms with Gasteiger partial charge in [0, 0.05) is 38.8 Å². The number of rotatable bonds is 9. The lowest BCUT2D eigenvalue weighted by atomic mass is 9.68. The van der Waals surface area contributed by atoms with Gasteiger partial charge in [-0.3, -0.25) is 0 Å². The minimum Gasteiger partial charge on any atom is -0.313 e. The molecule has 0 saturated carbocycles. The topological polar surface area (TPSA) is 9.86 Å². The van der Waals surface area contributed by atoms with Crippen molar-refractivity contribution >= 4 is 38.8 Å². The highest BCUT2D eigenvalue weighted by molar-refractivity contribution is 6.09. The quantitative estimate of drug-likeness (QED) is 0.165. The summed E-state index contributed by atoms with van der Waals surface area (Å²) in [6.45, 7) is 16.6. The summed E-state index contributed by atoms with van der Waals surface area (Å²) in [6.07, 6.45) is 7.18. The molecule has 6 aromatic rings. The first-order valence-corrected chi connectivity index (χ1v) is 16.2. The minimum absolute atomic E-state index is 0.266. The predicted molar refractivity (Wildman–Crippen MR) is 188 cm³/mol. The molecular weight excluding hydrogens is 520 g/mol. The van der Waals surface area contributed by atoms with E-state index in [0.717, 1.165) is 6.42 Å². The second-order valence-corrected chi connectivity index (χ2v) is 13.0. The van der Waals surface area contributed by atoms with E-state index in [1.165, 1.54) is 61.8 Å². The van der Waals surface area contributed by atoms with Crippen LogP contribution in [0.25, 0.3) is 50.2 Å². The van der Waals surface area contributed by atoms with Gasteiger partial charge in [-0.15, -0.1) is 0 Å². The molecular formula is C41H46N2. The third-order valence-electron chi connectivity index (χ3n) is 10.6. The smallest absolute Gasteiger partial charge is 0.0541 e. The number of aromatic nitrogens is 2. The van der Waals surface area contributed by atoms with Crippen molar-refractivity contribution in [3.63, 3.8) is 0 Å². The number of benzene rings is 4. The molecule has 0 aliphatic carbocycles. The Bertz CT molecular complexity index is 1880. The van der Waals surface area contributed by atoms with Crippen LogP contribution in [0.15, 0.2) is 103 Å². The molecule has 0 saturated heterocycles. The van der Waals surface area contributed by atoms with E-state index >= 15 is 0 Å². The van der Waals surface area contributed by atoms with Crippen molar-refractivity contribution in [2.45, 2.75) is 67.2 Å². The third kappa shape index (κ3) is 4.82. The fourth-order valence-corrected chi connectivity index (χ4v) is 7.11. The summed E-state index contributed by atoms with van der Waals surface area (Å²) < 4.78 is 4.95. The lowest BCUT2D eigenvalue weighted by molar-refractivity contribution is 0.150. The molecule has 0 fully saturated rings. The van der Waals surface area contributed by atoms with Crippen molar-refractivity contribution in [3.05, 3.63) is 114 Å². The lowest BCUT2D eigenvalue weighted by Gasteiger charge is -2.37. The van der Waals surface area contributed by atoms with Crippen LogP contribution < -0.4 is 0 Å². The van der Waals surface area contributed by atoms with Crippen LogP contribution >= 0.6 is 0 Å². The summed E-state index contributed by atoms with van der Waals surface area (Å²) in [4.78, 5) is 0. The molecule has 4 aromatic carbocycles. The van der Waals surface area contributed by atoms with Crippen LogP contribution in [0.1, 0.15) is 78.5 Å². The van der Waals surface area contributed by atoms with Crippen LogP contribution in [-0.2, 0) is 0 Å². The second kappa shape index (κ2) is 11.6. The molecule has 0 aliphatic heterocycles. The van der Waals surface area contributed by atoms with Crippen LogP contribution in [0, 0.1) is 17.3 Å². The average molecular weight is 567 g/mol. The first-order valence-electron chi connectivity index (χ1n) is 16.2. The highest BCUT2D eigenvalue weighted by Gasteiger charge is 2.31. The van der Waals surface area contributed by atoms with Gasteiger partial charge in [-0.05, 0) is 72.4 Å². The zero-order valence-corrected chi connectivity index (χ0v) is 26.9.